The SMILES string of the molecule is Nc1c(Nc2cc(C(F)(F)F)ccc2Cl)ncnc1N1CCN(Cc2ccc3c(c2)OCO3)CC1. The number of benzene rings is 2. The van der Waals surface area contributed by atoms with E-state index in [0.717, 1.165) is 48.8 Å². The van der Waals surface area contributed by atoms with Crippen molar-refractivity contribution >= 4 is 34.6 Å². The number of anilines is 4. The molecule has 2 aromatic carbocycles. The number of nitrogen functional groups attached to an aromatic ring is 1. The van der Waals surface area contributed by atoms with Gasteiger partial charge in [0.15, 0.2) is 23.1 Å². The Hall–Kier alpha value is -3.44. The predicted molar refractivity (Wildman–Crippen MR) is 126 cm³/mol. The van der Waals surface area contributed by atoms with Crippen molar-refractivity contribution in [2.45, 2.75) is 12.7 Å². The van der Waals surface area contributed by atoms with E-state index in [1.165, 1.54) is 12.4 Å². The van der Waals surface area contributed by atoms with E-state index in [9.17, 15) is 13.2 Å². The van der Waals surface area contributed by atoms with E-state index in [1.54, 1.807) is 0 Å². The molecule has 0 bridgehead atoms. The van der Waals surface area contributed by atoms with Crippen LogP contribution < -0.4 is 25.4 Å². The fraction of sp³-hybridized carbons (Fsp3) is 0.304. The summed E-state index contributed by atoms with van der Waals surface area (Å²) < 4.78 is 50.1. The summed E-state index contributed by atoms with van der Waals surface area (Å²) >= 11 is 6.11. The van der Waals surface area contributed by atoms with Gasteiger partial charge in [-0.2, -0.15) is 13.2 Å². The number of nitrogens with one attached hydrogen (secondary N) is 1. The van der Waals surface area contributed by atoms with Gasteiger partial charge in [0.05, 0.1) is 16.3 Å². The molecular formula is C23H22ClF3N6O2. The third kappa shape index (κ3) is 5.01. The summed E-state index contributed by atoms with van der Waals surface area (Å²) in [6, 6.07) is 8.97. The molecule has 0 atom stereocenters. The molecule has 8 nitrogen and oxygen atoms in total. The van der Waals surface area contributed by atoms with Gasteiger partial charge in [0, 0.05) is 32.7 Å². The molecular weight excluding hydrogens is 485 g/mol. The number of halogens is 4. The number of alkyl halides is 3. The lowest BCUT2D eigenvalue weighted by atomic mass is 10.1. The smallest absolute Gasteiger partial charge is 0.416 e. The number of nitrogens with two attached hydrogens (primary N) is 1. The van der Waals surface area contributed by atoms with Crippen LogP contribution in [0.2, 0.25) is 5.02 Å². The van der Waals surface area contributed by atoms with Crippen LogP contribution in [0.25, 0.3) is 0 Å². The van der Waals surface area contributed by atoms with Crippen LogP contribution in [0.4, 0.5) is 36.2 Å². The molecule has 0 radical (unpaired) electrons. The van der Waals surface area contributed by atoms with Crippen molar-refractivity contribution in [1.82, 2.24) is 14.9 Å². The molecule has 3 N–H and O–H groups in total. The van der Waals surface area contributed by atoms with E-state index >= 15 is 0 Å². The standard InChI is InChI=1S/C23H22ClF3N6O2/c24-16-3-2-15(23(25,26)27)10-17(16)31-21-20(28)22(30-12-29-21)33-7-5-32(6-8-33)11-14-1-4-18-19(9-14)35-13-34-18/h1-4,9-10,12H,5-8,11,13,28H2,(H,29,30,31). The number of hydrogen-bond acceptors (Lipinski definition) is 8. The molecule has 0 spiro atoms. The Morgan fingerprint density at radius 2 is 1.77 bits per heavy atom. The van der Waals surface area contributed by atoms with Crippen LogP contribution >= 0.6 is 11.6 Å². The molecule has 5 rings (SSSR count). The number of ether oxygens (including phenoxy) is 2. The first-order valence-electron chi connectivity index (χ1n) is 10.9. The predicted octanol–water partition coefficient (Wildman–Crippen LogP) is 4.53. The normalized spacial score (nSPS) is 15.9. The molecule has 1 aromatic heterocycles. The minimum absolute atomic E-state index is 0.0615. The summed E-state index contributed by atoms with van der Waals surface area (Å²) in [5.74, 6) is 2.23. The van der Waals surface area contributed by atoms with Gasteiger partial charge in [0.2, 0.25) is 6.79 Å². The second-order valence-corrected chi connectivity index (χ2v) is 8.63. The zero-order chi connectivity index (χ0) is 24.6. The molecule has 0 unspecified atom stereocenters. The lowest BCUT2D eigenvalue weighted by Gasteiger charge is -2.36. The van der Waals surface area contributed by atoms with E-state index in [-0.39, 0.29) is 29.0 Å². The molecule has 35 heavy (non-hydrogen) atoms. The van der Waals surface area contributed by atoms with E-state index < -0.39 is 11.7 Å². The molecule has 3 aromatic rings. The molecule has 0 saturated carbocycles. The number of fused-ring (bicyclic) bond motifs is 1. The van der Waals surface area contributed by atoms with Crippen molar-refractivity contribution in [3.63, 3.8) is 0 Å². The third-order valence-electron chi connectivity index (χ3n) is 5.92. The van der Waals surface area contributed by atoms with Crippen LogP contribution in [0.5, 0.6) is 11.5 Å². The number of aromatic nitrogens is 2. The summed E-state index contributed by atoms with van der Waals surface area (Å²) in [7, 11) is 0. The Bertz CT molecular complexity index is 1230. The van der Waals surface area contributed by atoms with Crippen LogP contribution in [0.3, 0.4) is 0 Å². The van der Waals surface area contributed by atoms with Gasteiger partial charge >= 0.3 is 6.18 Å². The highest BCUT2D eigenvalue weighted by molar-refractivity contribution is 6.33. The van der Waals surface area contributed by atoms with Crippen LogP contribution in [-0.2, 0) is 12.7 Å². The van der Waals surface area contributed by atoms with Gasteiger partial charge < -0.3 is 25.4 Å². The quantitative estimate of drug-likeness (QED) is 0.522. The Balaban J connectivity index is 1.26. The molecule has 0 aliphatic carbocycles. The van der Waals surface area contributed by atoms with Crippen LogP contribution in [0, 0.1) is 0 Å². The van der Waals surface area contributed by atoms with Gasteiger partial charge in [0.25, 0.3) is 0 Å². The third-order valence-corrected chi connectivity index (χ3v) is 6.25. The van der Waals surface area contributed by atoms with E-state index in [2.05, 4.69) is 20.2 Å². The van der Waals surface area contributed by atoms with Gasteiger partial charge in [0.1, 0.15) is 12.0 Å². The Morgan fingerprint density at radius 3 is 2.54 bits per heavy atom. The largest absolute Gasteiger partial charge is 0.454 e. The highest BCUT2D eigenvalue weighted by Gasteiger charge is 2.31. The number of rotatable bonds is 5. The highest BCUT2D eigenvalue weighted by atomic mass is 35.5. The zero-order valence-electron chi connectivity index (χ0n) is 18.5. The second kappa shape index (κ2) is 9.31. The minimum atomic E-state index is -4.50. The maximum absolute atomic E-state index is 13.1. The second-order valence-electron chi connectivity index (χ2n) is 8.23. The maximum Gasteiger partial charge on any atom is 0.416 e. The monoisotopic (exact) mass is 506 g/mol. The first-order valence-corrected chi connectivity index (χ1v) is 11.3. The minimum Gasteiger partial charge on any atom is -0.454 e. The first kappa shape index (κ1) is 23.3. The maximum atomic E-state index is 13.1. The summed E-state index contributed by atoms with van der Waals surface area (Å²) in [6.45, 7) is 3.92. The lowest BCUT2D eigenvalue weighted by Crippen LogP contribution is -2.46. The molecule has 1 saturated heterocycles. The van der Waals surface area contributed by atoms with Gasteiger partial charge in [-0.3, -0.25) is 4.90 Å². The number of piperazine rings is 1. The molecule has 12 heteroatoms. The summed E-state index contributed by atoms with van der Waals surface area (Å²) in [6.07, 6.45) is -3.17. The van der Waals surface area contributed by atoms with Gasteiger partial charge in [-0.1, -0.05) is 17.7 Å². The van der Waals surface area contributed by atoms with Crippen molar-refractivity contribution in [2.75, 3.05) is 48.9 Å². The van der Waals surface area contributed by atoms with Crippen molar-refractivity contribution in [2.24, 2.45) is 0 Å². The van der Waals surface area contributed by atoms with Crippen molar-refractivity contribution in [3.8, 4) is 11.5 Å². The fourth-order valence-corrected chi connectivity index (χ4v) is 4.24. The first-order chi connectivity index (χ1) is 16.8. The van der Waals surface area contributed by atoms with Crippen molar-refractivity contribution < 1.29 is 22.6 Å². The van der Waals surface area contributed by atoms with Gasteiger partial charge in [-0.15, -0.1) is 0 Å². The molecule has 1 fully saturated rings. The molecule has 2 aliphatic heterocycles. The van der Waals surface area contributed by atoms with Gasteiger partial charge in [-0.25, -0.2) is 9.97 Å². The lowest BCUT2D eigenvalue weighted by molar-refractivity contribution is -0.137. The number of nitrogens with zero attached hydrogens (tertiary/aromatic N) is 4. The summed E-state index contributed by atoms with van der Waals surface area (Å²) in [5.41, 5.74) is 6.92. The molecule has 2 aliphatic rings. The number of hydrogen-bond donors (Lipinski definition) is 2. The molecule has 0 amide bonds. The molecule has 3 heterocycles. The topological polar surface area (TPSA) is 88.8 Å². The summed E-state index contributed by atoms with van der Waals surface area (Å²) in [4.78, 5) is 12.8. The summed E-state index contributed by atoms with van der Waals surface area (Å²) in [5, 5.41) is 2.95. The molecule has 184 valence electrons. The zero-order valence-corrected chi connectivity index (χ0v) is 19.2. The average molecular weight is 507 g/mol. The van der Waals surface area contributed by atoms with E-state index in [0.29, 0.717) is 18.9 Å². The Labute approximate surface area is 204 Å². The Kier molecular flexibility index (Phi) is 6.20. The van der Waals surface area contributed by atoms with Crippen LogP contribution in [0.15, 0.2) is 42.7 Å². The van der Waals surface area contributed by atoms with Crippen LogP contribution in [-0.4, -0.2) is 47.8 Å². The Morgan fingerprint density at radius 1 is 1.00 bits per heavy atom. The van der Waals surface area contributed by atoms with Crippen LogP contribution in [0.1, 0.15) is 11.1 Å². The van der Waals surface area contributed by atoms with Crippen molar-refractivity contribution in [1.29, 1.82) is 0 Å². The average Bonchev–Trinajstić information content (AvgIpc) is 3.30. The van der Waals surface area contributed by atoms with Crippen molar-refractivity contribution in [3.05, 3.63) is 58.9 Å². The fourth-order valence-electron chi connectivity index (χ4n) is 4.08. The van der Waals surface area contributed by atoms with Gasteiger partial charge in [-0.05, 0) is 35.9 Å². The van der Waals surface area contributed by atoms with E-state index in [4.69, 9.17) is 26.8 Å². The van der Waals surface area contributed by atoms with E-state index in [1.807, 2.05) is 23.1 Å². The highest BCUT2D eigenvalue weighted by Crippen LogP contribution is 2.37.